The molecule has 3 atom stereocenters. The molecule has 1 N–H and O–H groups in total. The Balaban J connectivity index is 1.77. The number of rotatable bonds is 4. The molecule has 17 heavy (non-hydrogen) atoms. The fraction of sp³-hybridized carbons (Fsp3) is 1.00. The summed E-state index contributed by atoms with van der Waals surface area (Å²) in [6, 6.07) is 0. The second-order valence-electron chi connectivity index (χ2n) is 5.59. The first-order valence-electron chi connectivity index (χ1n) is 7.31. The Labute approximate surface area is 105 Å². The zero-order valence-corrected chi connectivity index (χ0v) is 11.1. The standard InChI is InChI=1S/C14H27NO2/c1-2-17-13-7-5-9-15(11-13)10-12-6-3-4-8-14(12)16/h12-14,16H,2-11H2,1H3. The Hall–Kier alpha value is -0.120. The van der Waals surface area contributed by atoms with Gasteiger partial charge in [-0.2, -0.15) is 0 Å². The van der Waals surface area contributed by atoms with E-state index in [4.69, 9.17) is 4.74 Å². The summed E-state index contributed by atoms with van der Waals surface area (Å²) in [5.41, 5.74) is 0. The van der Waals surface area contributed by atoms with Crippen molar-refractivity contribution in [3.63, 3.8) is 0 Å². The predicted molar refractivity (Wildman–Crippen MR) is 69.1 cm³/mol. The van der Waals surface area contributed by atoms with Crippen molar-refractivity contribution in [2.45, 2.75) is 57.7 Å². The highest BCUT2D eigenvalue weighted by atomic mass is 16.5. The van der Waals surface area contributed by atoms with E-state index < -0.39 is 0 Å². The van der Waals surface area contributed by atoms with Crippen molar-refractivity contribution >= 4 is 0 Å². The molecule has 0 amide bonds. The molecule has 2 aliphatic rings. The Morgan fingerprint density at radius 2 is 2.00 bits per heavy atom. The molecule has 0 aromatic rings. The molecule has 2 rings (SSSR count). The lowest BCUT2D eigenvalue weighted by Crippen LogP contribution is -2.44. The highest BCUT2D eigenvalue weighted by Crippen LogP contribution is 2.26. The maximum atomic E-state index is 10.0. The van der Waals surface area contributed by atoms with Gasteiger partial charge < -0.3 is 14.7 Å². The summed E-state index contributed by atoms with van der Waals surface area (Å²) in [5, 5.41) is 10.0. The number of hydrogen-bond donors (Lipinski definition) is 1. The zero-order valence-electron chi connectivity index (χ0n) is 11.1. The van der Waals surface area contributed by atoms with Crippen LogP contribution in [0.2, 0.25) is 0 Å². The molecule has 3 unspecified atom stereocenters. The minimum absolute atomic E-state index is 0.0591. The van der Waals surface area contributed by atoms with Crippen LogP contribution in [0.15, 0.2) is 0 Å². The lowest BCUT2D eigenvalue weighted by atomic mass is 9.86. The maximum Gasteiger partial charge on any atom is 0.0702 e. The molecule has 1 aliphatic carbocycles. The highest BCUT2D eigenvalue weighted by Gasteiger charge is 2.27. The van der Waals surface area contributed by atoms with Gasteiger partial charge in [-0.25, -0.2) is 0 Å². The SMILES string of the molecule is CCOC1CCCN(CC2CCCCC2O)C1. The van der Waals surface area contributed by atoms with Crippen LogP contribution in [0.5, 0.6) is 0 Å². The van der Waals surface area contributed by atoms with Crippen molar-refractivity contribution in [3.8, 4) is 0 Å². The molecule has 100 valence electrons. The minimum Gasteiger partial charge on any atom is -0.393 e. The second-order valence-corrected chi connectivity index (χ2v) is 5.59. The van der Waals surface area contributed by atoms with Crippen LogP contribution in [0, 0.1) is 5.92 Å². The first-order valence-corrected chi connectivity index (χ1v) is 7.31. The van der Waals surface area contributed by atoms with Crippen molar-refractivity contribution in [1.29, 1.82) is 0 Å². The van der Waals surface area contributed by atoms with E-state index in [1.807, 2.05) is 0 Å². The highest BCUT2D eigenvalue weighted by molar-refractivity contribution is 4.81. The third-order valence-electron chi connectivity index (χ3n) is 4.23. The summed E-state index contributed by atoms with van der Waals surface area (Å²) in [5.74, 6) is 0.504. The Kier molecular flexibility index (Phi) is 5.26. The third kappa shape index (κ3) is 3.94. The van der Waals surface area contributed by atoms with Gasteiger partial charge in [0.15, 0.2) is 0 Å². The molecule has 1 saturated carbocycles. The van der Waals surface area contributed by atoms with Gasteiger partial charge in [0.05, 0.1) is 12.2 Å². The van der Waals surface area contributed by atoms with E-state index >= 15 is 0 Å². The van der Waals surface area contributed by atoms with Crippen molar-refractivity contribution in [1.82, 2.24) is 4.90 Å². The molecular weight excluding hydrogens is 214 g/mol. The second kappa shape index (κ2) is 6.72. The van der Waals surface area contributed by atoms with Gasteiger partial charge in [-0.05, 0) is 45.1 Å². The van der Waals surface area contributed by atoms with Crippen LogP contribution in [-0.4, -0.2) is 48.5 Å². The Morgan fingerprint density at radius 1 is 1.18 bits per heavy atom. The van der Waals surface area contributed by atoms with Crippen LogP contribution in [-0.2, 0) is 4.74 Å². The molecular formula is C14H27NO2. The number of aliphatic hydroxyl groups is 1. The Morgan fingerprint density at radius 3 is 2.76 bits per heavy atom. The molecule has 3 heteroatoms. The van der Waals surface area contributed by atoms with Gasteiger partial charge in [-0.15, -0.1) is 0 Å². The molecule has 0 radical (unpaired) electrons. The molecule has 1 heterocycles. The topological polar surface area (TPSA) is 32.7 Å². The van der Waals surface area contributed by atoms with E-state index in [1.165, 1.54) is 38.6 Å². The number of ether oxygens (including phenoxy) is 1. The van der Waals surface area contributed by atoms with E-state index in [2.05, 4.69) is 11.8 Å². The van der Waals surface area contributed by atoms with Crippen LogP contribution in [0.4, 0.5) is 0 Å². The third-order valence-corrected chi connectivity index (χ3v) is 4.23. The average molecular weight is 241 g/mol. The van der Waals surface area contributed by atoms with Crippen LogP contribution in [0.1, 0.15) is 45.4 Å². The summed E-state index contributed by atoms with van der Waals surface area (Å²) in [4.78, 5) is 2.50. The van der Waals surface area contributed by atoms with Gasteiger partial charge in [0, 0.05) is 19.7 Å². The van der Waals surface area contributed by atoms with E-state index in [-0.39, 0.29) is 6.10 Å². The van der Waals surface area contributed by atoms with E-state index in [0.29, 0.717) is 12.0 Å². The number of nitrogens with zero attached hydrogens (tertiary/aromatic N) is 1. The van der Waals surface area contributed by atoms with E-state index in [9.17, 15) is 5.11 Å². The first kappa shape index (κ1) is 13.3. The van der Waals surface area contributed by atoms with Crippen molar-refractivity contribution in [3.05, 3.63) is 0 Å². The monoisotopic (exact) mass is 241 g/mol. The number of likely N-dealkylation sites (tertiary alicyclic amines) is 1. The van der Waals surface area contributed by atoms with Gasteiger partial charge in [0.2, 0.25) is 0 Å². The van der Waals surface area contributed by atoms with Gasteiger partial charge in [0.1, 0.15) is 0 Å². The van der Waals surface area contributed by atoms with Gasteiger partial charge in [0.25, 0.3) is 0 Å². The molecule has 0 aromatic carbocycles. The van der Waals surface area contributed by atoms with Crippen LogP contribution in [0.3, 0.4) is 0 Å². The van der Waals surface area contributed by atoms with Crippen LogP contribution < -0.4 is 0 Å². The summed E-state index contributed by atoms with van der Waals surface area (Å²) < 4.78 is 5.72. The normalized spacial score (nSPS) is 36.0. The molecule has 1 saturated heterocycles. The first-order chi connectivity index (χ1) is 8.29. The minimum atomic E-state index is -0.0591. The van der Waals surface area contributed by atoms with Crippen molar-refractivity contribution in [2.24, 2.45) is 5.92 Å². The van der Waals surface area contributed by atoms with E-state index in [0.717, 1.165) is 26.1 Å². The fourth-order valence-electron chi connectivity index (χ4n) is 3.28. The van der Waals surface area contributed by atoms with Gasteiger partial charge in [-0.1, -0.05) is 12.8 Å². The maximum absolute atomic E-state index is 10.0. The quantitative estimate of drug-likeness (QED) is 0.817. The Bertz CT molecular complexity index is 220. The summed E-state index contributed by atoms with van der Waals surface area (Å²) in [6.45, 7) is 6.23. The molecule has 0 bridgehead atoms. The van der Waals surface area contributed by atoms with E-state index in [1.54, 1.807) is 0 Å². The predicted octanol–water partition coefficient (Wildman–Crippen LogP) is 2.04. The largest absolute Gasteiger partial charge is 0.393 e. The molecule has 0 aromatic heterocycles. The van der Waals surface area contributed by atoms with Crippen LogP contribution in [0.25, 0.3) is 0 Å². The smallest absolute Gasteiger partial charge is 0.0702 e. The van der Waals surface area contributed by atoms with Crippen LogP contribution >= 0.6 is 0 Å². The van der Waals surface area contributed by atoms with Gasteiger partial charge in [-0.3, -0.25) is 0 Å². The summed E-state index contributed by atoms with van der Waals surface area (Å²) >= 11 is 0. The molecule has 0 spiro atoms. The molecule has 1 aliphatic heterocycles. The number of aliphatic hydroxyl groups excluding tert-OH is 1. The molecule has 3 nitrogen and oxygen atoms in total. The summed E-state index contributed by atoms with van der Waals surface area (Å²) in [7, 11) is 0. The van der Waals surface area contributed by atoms with Crippen molar-refractivity contribution < 1.29 is 9.84 Å². The number of piperidine rings is 1. The summed E-state index contributed by atoms with van der Waals surface area (Å²) in [6.07, 6.45) is 7.53. The fourth-order valence-corrected chi connectivity index (χ4v) is 3.28. The molecule has 2 fully saturated rings. The number of hydrogen-bond acceptors (Lipinski definition) is 3. The average Bonchev–Trinajstić information content (AvgIpc) is 2.33. The van der Waals surface area contributed by atoms with Crippen molar-refractivity contribution in [2.75, 3.05) is 26.2 Å². The lowest BCUT2D eigenvalue weighted by molar-refractivity contribution is -0.0138. The van der Waals surface area contributed by atoms with Gasteiger partial charge >= 0.3 is 0 Å². The zero-order chi connectivity index (χ0) is 12.1. The lowest BCUT2D eigenvalue weighted by Gasteiger charge is -2.37.